The summed E-state index contributed by atoms with van der Waals surface area (Å²) in [5.74, 6) is -1.26. The predicted octanol–water partition coefficient (Wildman–Crippen LogP) is 5.59. The summed E-state index contributed by atoms with van der Waals surface area (Å²) in [5.41, 5.74) is 3.89. The van der Waals surface area contributed by atoms with E-state index in [1.54, 1.807) is 30.3 Å². The number of nitrogens with zero attached hydrogens (tertiary/aromatic N) is 1. The van der Waals surface area contributed by atoms with Gasteiger partial charge < -0.3 is 9.52 Å². The lowest BCUT2D eigenvalue weighted by atomic mass is 9.98. The van der Waals surface area contributed by atoms with Crippen LogP contribution in [0.3, 0.4) is 0 Å². The van der Waals surface area contributed by atoms with Crippen molar-refractivity contribution in [2.75, 3.05) is 4.90 Å². The number of aryl methyl sites for hydroxylation is 3. The van der Waals surface area contributed by atoms with Gasteiger partial charge in [0, 0.05) is 15.7 Å². The van der Waals surface area contributed by atoms with Crippen LogP contribution in [0.25, 0.3) is 5.76 Å². The van der Waals surface area contributed by atoms with Crippen LogP contribution in [0.4, 0.5) is 5.69 Å². The summed E-state index contributed by atoms with van der Waals surface area (Å²) in [7, 11) is 0. The largest absolute Gasteiger partial charge is 0.507 e. The van der Waals surface area contributed by atoms with Gasteiger partial charge in [0.25, 0.3) is 11.7 Å². The summed E-state index contributed by atoms with van der Waals surface area (Å²) in [5, 5.41) is 11.1. The van der Waals surface area contributed by atoms with Crippen LogP contribution >= 0.6 is 15.9 Å². The van der Waals surface area contributed by atoms with Crippen molar-refractivity contribution in [2.24, 2.45) is 0 Å². The molecule has 152 valence electrons. The molecule has 3 aromatic rings. The van der Waals surface area contributed by atoms with Crippen molar-refractivity contribution < 1.29 is 19.1 Å². The molecule has 5 nitrogen and oxygen atoms in total. The van der Waals surface area contributed by atoms with E-state index < -0.39 is 17.7 Å². The van der Waals surface area contributed by atoms with E-state index in [1.807, 2.05) is 39.0 Å². The second kappa shape index (κ2) is 7.61. The summed E-state index contributed by atoms with van der Waals surface area (Å²) in [6.45, 7) is 5.75. The average Bonchev–Trinajstić information content (AvgIpc) is 3.30. The van der Waals surface area contributed by atoms with Gasteiger partial charge in [-0.3, -0.25) is 14.5 Å². The van der Waals surface area contributed by atoms with E-state index in [0.717, 1.165) is 21.2 Å². The van der Waals surface area contributed by atoms with Crippen LogP contribution in [0.2, 0.25) is 0 Å². The molecule has 1 aromatic heterocycles. The fourth-order valence-electron chi connectivity index (χ4n) is 3.85. The van der Waals surface area contributed by atoms with Crippen LogP contribution in [0, 0.1) is 20.8 Å². The maximum absolute atomic E-state index is 13.1. The number of carbonyl (C=O) groups excluding carboxylic acids is 2. The molecule has 0 radical (unpaired) electrons. The number of aliphatic hydroxyl groups excluding tert-OH is 1. The number of aliphatic hydroxyl groups is 1. The Morgan fingerprint density at radius 2 is 1.73 bits per heavy atom. The van der Waals surface area contributed by atoms with Gasteiger partial charge in [-0.15, -0.1) is 0 Å². The number of amides is 1. The maximum Gasteiger partial charge on any atom is 0.300 e. The zero-order valence-electron chi connectivity index (χ0n) is 16.8. The van der Waals surface area contributed by atoms with Crippen LogP contribution in [0.1, 0.15) is 34.1 Å². The molecule has 0 bridgehead atoms. The van der Waals surface area contributed by atoms with Gasteiger partial charge in [-0.05, 0) is 73.9 Å². The molecule has 1 unspecified atom stereocenters. The number of ketones is 1. The van der Waals surface area contributed by atoms with Crippen LogP contribution in [-0.4, -0.2) is 16.8 Å². The molecule has 0 saturated carbocycles. The zero-order chi connectivity index (χ0) is 21.6. The molecule has 1 fully saturated rings. The molecule has 1 atom stereocenters. The Hall–Kier alpha value is -3.12. The molecule has 1 aliphatic rings. The van der Waals surface area contributed by atoms with Gasteiger partial charge >= 0.3 is 0 Å². The molecule has 1 amide bonds. The first kappa shape index (κ1) is 20.2. The molecule has 0 aliphatic carbocycles. The third-order valence-corrected chi connectivity index (χ3v) is 6.06. The highest BCUT2D eigenvalue weighted by atomic mass is 79.9. The van der Waals surface area contributed by atoms with Crippen molar-refractivity contribution in [1.82, 2.24) is 0 Å². The van der Waals surface area contributed by atoms with Gasteiger partial charge in [0.15, 0.2) is 0 Å². The minimum atomic E-state index is -0.856. The van der Waals surface area contributed by atoms with E-state index in [4.69, 9.17) is 4.42 Å². The molecule has 2 aromatic carbocycles. The molecular formula is C24H20BrNO4. The van der Waals surface area contributed by atoms with Crippen molar-refractivity contribution in [3.8, 4) is 0 Å². The summed E-state index contributed by atoms with van der Waals surface area (Å²) in [4.78, 5) is 27.6. The summed E-state index contributed by atoms with van der Waals surface area (Å²) < 4.78 is 6.47. The quantitative estimate of drug-likeness (QED) is 0.310. The maximum atomic E-state index is 13.1. The number of Topliss-reactive ketones (excluding diaryl/α,β-unsaturated/α-hetero) is 1. The van der Waals surface area contributed by atoms with Crippen LogP contribution < -0.4 is 4.90 Å². The molecule has 4 rings (SSSR count). The number of anilines is 1. The third kappa shape index (κ3) is 3.37. The number of benzene rings is 2. The van der Waals surface area contributed by atoms with E-state index in [-0.39, 0.29) is 11.3 Å². The summed E-state index contributed by atoms with van der Waals surface area (Å²) in [6.07, 6.45) is 1.49. The van der Waals surface area contributed by atoms with Crippen molar-refractivity contribution >= 4 is 39.1 Å². The molecule has 6 heteroatoms. The van der Waals surface area contributed by atoms with Gasteiger partial charge in [-0.25, -0.2) is 0 Å². The molecule has 2 heterocycles. The fourth-order valence-corrected chi connectivity index (χ4v) is 4.10. The van der Waals surface area contributed by atoms with Crippen molar-refractivity contribution in [2.45, 2.75) is 26.8 Å². The van der Waals surface area contributed by atoms with Gasteiger partial charge in [0.2, 0.25) is 0 Å². The van der Waals surface area contributed by atoms with E-state index in [2.05, 4.69) is 15.9 Å². The number of hydrogen-bond donors (Lipinski definition) is 1. The highest BCUT2D eigenvalue weighted by Crippen LogP contribution is 2.42. The van der Waals surface area contributed by atoms with Gasteiger partial charge in [0.05, 0.1) is 11.8 Å². The molecule has 30 heavy (non-hydrogen) atoms. The topological polar surface area (TPSA) is 70.8 Å². The Labute approximate surface area is 182 Å². The van der Waals surface area contributed by atoms with E-state index in [1.165, 1.54) is 11.2 Å². The lowest BCUT2D eigenvalue weighted by molar-refractivity contribution is -0.132. The second-order valence-corrected chi connectivity index (χ2v) is 8.35. The summed E-state index contributed by atoms with van der Waals surface area (Å²) in [6, 6.07) is 13.5. The Morgan fingerprint density at radius 1 is 1.03 bits per heavy atom. The van der Waals surface area contributed by atoms with Crippen LogP contribution in [0.5, 0.6) is 0 Å². The number of furan rings is 1. The molecular weight excluding hydrogens is 446 g/mol. The minimum Gasteiger partial charge on any atom is -0.507 e. The Morgan fingerprint density at radius 3 is 2.33 bits per heavy atom. The third-order valence-electron chi connectivity index (χ3n) is 5.17. The number of hydrogen-bond acceptors (Lipinski definition) is 4. The second-order valence-electron chi connectivity index (χ2n) is 7.49. The Balaban J connectivity index is 1.95. The molecule has 1 saturated heterocycles. The lowest BCUT2D eigenvalue weighted by Crippen LogP contribution is -2.29. The highest BCUT2D eigenvalue weighted by molar-refractivity contribution is 9.10. The fraction of sp³-hybridized carbons (Fsp3) is 0.167. The van der Waals surface area contributed by atoms with Gasteiger partial charge in [-0.2, -0.15) is 0 Å². The first-order valence-electron chi connectivity index (χ1n) is 9.47. The first-order valence-corrected chi connectivity index (χ1v) is 10.3. The predicted molar refractivity (Wildman–Crippen MR) is 118 cm³/mol. The van der Waals surface area contributed by atoms with Gasteiger partial charge in [-0.1, -0.05) is 28.1 Å². The number of rotatable bonds is 3. The first-order chi connectivity index (χ1) is 14.3. The average molecular weight is 466 g/mol. The van der Waals surface area contributed by atoms with E-state index in [9.17, 15) is 14.7 Å². The molecule has 1 N–H and O–H groups in total. The van der Waals surface area contributed by atoms with E-state index in [0.29, 0.717) is 17.0 Å². The van der Waals surface area contributed by atoms with Crippen molar-refractivity contribution in [3.63, 3.8) is 0 Å². The summed E-state index contributed by atoms with van der Waals surface area (Å²) >= 11 is 3.44. The van der Waals surface area contributed by atoms with Crippen molar-refractivity contribution in [3.05, 3.63) is 92.9 Å². The Kier molecular flexibility index (Phi) is 5.12. The lowest BCUT2D eigenvalue weighted by Gasteiger charge is -2.24. The van der Waals surface area contributed by atoms with Gasteiger partial charge in [0.1, 0.15) is 17.6 Å². The monoisotopic (exact) mass is 465 g/mol. The van der Waals surface area contributed by atoms with E-state index >= 15 is 0 Å². The molecule has 1 aliphatic heterocycles. The minimum absolute atomic E-state index is 0.0100. The van der Waals surface area contributed by atoms with Crippen molar-refractivity contribution in [1.29, 1.82) is 0 Å². The smallest absolute Gasteiger partial charge is 0.300 e. The normalized spacial score (nSPS) is 18.3. The highest BCUT2D eigenvalue weighted by Gasteiger charge is 2.48. The van der Waals surface area contributed by atoms with Crippen LogP contribution in [0.15, 0.2) is 69.3 Å². The number of halogens is 1. The van der Waals surface area contributed by atoms with Crippen LogP contribution in [-0.2, 0) is 9.59 Å². The SMILES string of the molecule is Cc1cc(C)cc(N2C(=O)C(=O)/C(=C(\O)c3ccc(Br)c(C)c3)C2c2ccco2)c1. The zero-order valence-corrected chi connectivity index (χ0v) is 18.4. The number of carbonyl (C=O) groups is 2. The standard InChI is InChI=1S/C24H20BrNO4/c1-13-9-14(2)11-17(10-13)26-21(19-5-4-8-30-19)20(23(28)24(26)29)22(27)16-6-7-18(25)15(3)12-16/h4-12,21,27H,1-3H3/b22-20-. The molecule has 0 spiro atoms. The Bertz CT molecular complexity index is 1170.